The molecule has 0 radical (unpaired) electrons. The number of rotatable bonds is 2. The number of fused-ring (bicyclic) bond motifs is 1. The van der Waals surface area contributed by atoms with Gasteiger partial charge in [-0.05, 0) is 18.6 Å². The molecule has 3 heteroatoms. The van der Waals surface area contributed by atoms with E-state index in [1.807, 2.05) is 25.2 Å². The molecule has 0 aliphatic carbocycles. The predicted molar refractivity (Wildman–Crippen MR) is 64.4 cm³/mol. The van der Waals surface area contributed by atoms with E-state index in [1.54, 1.807) is 16.7 Å². The van der Waals surface area contributed by atoms with Gasteiger partial charge in [0.2, 0.25) is 5.91 Å². The molecule has 1 heterocycles. The van der Waals surface area contributed by atoms with Crippen molar-refractivity contribution in [2.45, 2.75) is 29.9 Å². The van der Waals surface area contributed by atoms with E-state index in [0.29, 0.717) is 0 Å². The first kappa shape index (κ1) is 10.6. The fourth-order valence-electron chi connectivity index (χ4n) is 1.82. The molecule has 1 aliphatic heterocycles. The lowest BCUT2D eigenvalue weighted by atomic mass is 10.2. The molecule has 80 valence electrons. The van der Waals surface area contributed by atoms with Crippen LogP contribution in [0.4, 0.5) is 5.69 Å². The zero-order chi connectivity index (χ0) is 10.8. The Bertz CT molecular complexity index is 378. The van der Waals surface area contributed by atoms with Crippen LogP contribution >= 0.6 is 11.8 Å². The molecule has 1 aromatic carbocycles. The number of para-hydroxylation sites is 1. The second-order valence-electron chi connectivity index (χ2n) is 3.76. The van der Waals surface area contributed by atoms with Gasteiger partial charge in [-0.15, -0.1) is 11.8 Å². The summed E-state index contributed by atoms with van der Waals surface area (Å²) in [7, 11) is 1.86. The van der Waals surface area contributed by atoms with Gasteiger partial charge in [-0.25, -0.2) is 0 Å². The van der Waals surface area contributed by atoms with E-state index in [1.165, 1.54) is 4.90 Å². The summed E-state index contributed by atoms with van der Waals surface area (Å²) in [4.78, 5) is 15.0. The summed E-state index contributed by atoms with van der Waals surface area (Å²) in [5, 5.41) is 0.106. The van der Waals surface area contributed by atoms with Gasteiger partial charge in [0.15, 0.2) is 0 Å². The average Bonchev–Trinajstić information content (AvgIpc) is 2.26. The van der Waals surface area contributed by atoms with Crippen LogP contribution in [0.15, 0.2) is 29.2 Å². The third kappa shape index (κ3) is 1.88. The van der Waals surface area contributed by atoms with Gasteiger partial charge in [0.1, 0.15) is 0 Å². The van der Waals surface area contributed by atoms with Crippen LogP contribution in [0.25, 0.3) is 0 Å². The Morgan fingerprint density at radius 1 is 1.40 bits per heavy atom. The minimum absolute atomic E-state index is 0.106. The van der Waals surface area contributed by atoms with Crippen molar-refractivity contribution in [1.29, 1.82) is 0 Å². The number of hydrogen-bond donors (Lipinski definition) is 0. The fourth-order valence-corrected chi connectivity index (χ4v) is 3.22. The number of amides is 1. The van der Waals surface area contributed by atoms with Crippen molar-refractivity contribution in [3.63, 3.8) is 0 Å². The van der Waals surface area contributed by atoms with Gasteiger partial charge >= 0.3 is 0 Å². The van der Waals surface area contributed by atoms with Crippen molar-refractivity contribution in [3.8, 4) is 0 Å². The zero-order valence-electron chi connectivity index (χ0n) is 9.06. The highest BCUT2D eigenvalue weighted by atomic mass is 32.2. The lowest BCUT2D eigenvalue weighted by Crippen LogP contribution is -2.37. The Kier molecular flexibility index (Phi) is 3.00. The van der Waals surface area contributed by atoms with Crippen LogP contribution in [0.5, 0.6) is 0 Å². The predicted octanol–water partition coefficient (Wildman–Crippen LogP) is 2.92. The van der Waals surface area contributed by atoms with E-state index < -0.39 is 0 Å². The van der Waals surface area contributed by atoms with E-state index in [0.717, 1.165) is 18.5 Å². The van der Waals surface area contributed by atoms with Crippen LogP contribution in [-0.2, 0) is 4.79 Å². The van der Waals surface area contributed by atoms with Gasteiger partial charge in [-0.2, -0.15) is 0 Å². The van der Waals surface area contributed by atoms with Crippen molar-refractivity contribution in [2.75, 3.05) is 11.9 Å². The fraction of sp³-hybridized carbons (Fsp3) is 0.417. The molecule has 0 spiro atoms. The highest BCUT2D eigenvalue weighted by Crippen LogP contribution is 2.39. The van der Waals surface area contributed by atoms with Crippen molar-refractivity contribution < 1.29 is 4.79 Å². The molecule has 15 heavy (non-hydrogen) atoms. The maximum atomic E-state index is 12.0. The Labute approximate surface area is 94.7 Å². The number of thioether (sulfide) groups is 1. The molecular formula is C12H15NOS. The first-order valence-electron chi connectivity index (χ1n) is 5.27. The number of benzene rings is 1. The summed E-state index contributed by atoms with van der Waals surface area (Å²) in [6.07, 6.45) is 2.02. The third-order valence-electron chi connectivity index (χ3n) is 2.65. The third-order valence-corrected chi connectivity index (χ3v) is 3.97. The van der Waals surface area contributed by atoms with Gasteiger partial charge in [-0.1, -0.05) is 25.5 Å². The van der Waals surface area contributed by atoms with Crippen LogP contribution in [0, 0.1) is 0 Å². The van der Waals surface area contributed by atoms with Crippen LogP contribution in [0.1, 0.15) is 19.8 Å². The molecule has 0 fully saturated rings. The molecule has 1 unspecified atom stereocenters. The van der Waals surface area contributed by atoms with E-state index in [2.05, 4.69) is 13.0 Å². The summed E-state index contributed by atoms with van der Waals surface area (Å²) < 4.78 is 0. The van der Waals surface area contributed by atoms with E-state index in [-0.39, 0.29) is 11.2 Å². The minimum atomic E-state index is 0.106. The highest BCUT2D eigenvalue weighted by Gasteiger charge is 2.30. The Morgan fingerprint density at radius 3 is 2.87 bits per heavy atom. The Hall–Kier alpha value is -0.960. The van der Waals surface area contributed by atoms with Gasteiger partial charge in [0.05, 0.1) is 10.9 Å². The van der Waals surface area contributed by atoms with Crippen molar-refractivity contribution in [3.05, 3.63) is 24.3 Å². The second kappa shape index (κ2) is 4.27. The number of carbonyl (C=O) groups is 1. The number of anilines is 1. The smallest absolute Gasteiger partial charge is 0.240 e. The molecule has 1 aromatic rings. The maximum Gasteiger partial charge on any atom is 0.240 e. The van der Waals surface area contributed by atoms with Gasteiger partial charge in [0, 0.05) is 11.9 Å². The summed E-state index contributed by atoms with van der Waals surface area (Å²) in [5.41, 5.74) is 1.04. The van der Waals surface area contributed by atoms with E-state index >= 15 is 0 Å². The molecule has 2 rings (SSSR count). The maximum absolute atomic E-state index is 12.0. The Balaban J connectivity index is 2.32. The summed E-state index contributed by atoms with van der Waals surface area (Å²) in [5.74, 6) is 0.237. The number of carbonyl (C=O) groups excluding carboxylic acids is 1. The van der Waals surface area contributed by atoms with Crippen LogP contribution in [-0.4, -0.2) is 18.2 Å². The molecule has 0 bridgehead atoms. The highest BCUT2D eigenvalue weighted by molar-refractivity contribution is 8.01. The molecule has 0 N–H and O–H groups in total. The monoisotopic (exact) mass is 221 g/mol. The first-order valence-corrected chi connectivity index (χ1v) is 6.15. The second-order valence-corrected chi connectivity index (χ2v) is 5.00. The topological polar surface area (TPSA) is 20.3 Å². The normalized spacial score (nSPS) is 20.3. The Morgan fingerprint density at radius 2 is 2.13 bits per heavy atom. The van der Waals surface area contributed by atoms with Gasteiger partial charge < -0.3 is 4.90 Å². The summed E-state index contributed by atoms with van der Waals surface area (Å²) in [6, 6.07) is 8.09. The first-order chi connectivity index (χ1) is 7.24. The lowest BCUT2D eigenvalue weighted by Gasteiger charge is -2.30. The van der Waals surface area contributed by atoms with Crippen molar-refractivity contribution >= 4 is 23.4 Å². The largest absolute Gasteiger partial charge is 0.313 e. The van der Waals surface area contributed by atoms with Gasteiger partial charge in [-0.3, -0.25) is 4.79 Å². The molecule has 0 aromatic heterocycles. The molecule has 0 saturated heterocycles. The summed E-state index contributed by atoms with van der Waals surface area (Å²) >= 11 is 1.70. The number of nitrogens with zero attached hydrogens (tertiary/aromatic N) is 1. The molecule has 1 atom stereocenters. The van der Waals surface area contributed by atoms with E-state index in [4.69, 9.17) is 0 Å². The zero-order valence-corrected chi connectivity index (χ0v) is 9.88. The van der Waals surface area contributed by atoms with Crippen molar-refractivity contribution in [1.82, 2.24) is 0 Å². The van der Waals surface area contributed by atoms with Crippen LogP contribution in [0.2, 0.25) is 0 Å². The quantitative estimate of drug-likeness (QED) is 0.765. The molecule has 1 amide bonds. The minimum Gasteiger partial charge on any atom is -0.313 e. The van der Waals surface area contributed by atoms with Gasteiger partial charge in [0.25, 0.3) is 0 Å². The van der Waals surface area contributed by atoms with E-state index in [9.17, 15) is 4.79 Å². The van der Waals surface area contributed by atoms with Crippen LogP contribution in [0.3, 0.4) is 0 Å². The average molecular weight is 221 g/mol. The van der Waals surface area contributed by atoms with Crippen molar-refractivity contribution in [2.24, 2.45) is 0 Å². The molecule has 1 aliphatic rings. The van der Waals surface area contributed by atoms with Crippen LogP contribution < -0.4 is 4.90 Å². The standard InChI is InChI=1S/C12H15NOS/c1-3-6-11-12(14)13(2)9-7-4-5-8-10(9)15-11/h4-5,7-8,11H,3,6H2,1-2H3. The lowest BCUT2D eigenvalue weighted by molar-refractivity contribution is -0.118. The number of hydrogen-bond acceptors (Lipinski definition) is 2. The molecule has 2 nitrogen and oxygen atoms in total. The summed E-state index contributed by atoms with van der Waals surface area (Å²) in [6.45, 7) is 2.12. The molecular weight excluding hydrogens is 206 g/mol. The molecule has 0 saturated carbocycles. The SMILES string of the molecule is CCCC1Sc2ccccc2N(C)C1=O.